The Hall–Kier alpha value is -1.98. The lowest BCUT2D eigenvalue weighted by Crippen LogP contribution is -2.35. The van der Waals surface area contributed by atoms with Crippen LogP contribution in [0.25, 0.3) is 0 Å². The van der Waals surface area contributed by atoms with Gasteiger partial charge in [0.05, 0.1) is 6.04 Å². The highest BCUT2D eigenvalue weighted by Crippen LogP contribution is 2.33. The largest absolute Gasteiger partial charge is 0.346 e. The highest BCUT2D eigenvalue weighted by Gasteiger charge is 2.29. The van der Waals surface area contributed by atoms with Crippen LogP contribution in [0.5, 0.6) is 0 Å². The second-order valence-electron chi connectivity index (χ2n) is 5.72. The van der Waals surface area contributed by atoms with Gasteiger partial charge in [0, 0.05) is 31.6 Å². The summed E-state index contributed by atoms with van der Waals surface area (Å²) in [4.78, 5) is 16.1. The van der Waals surface area contributed by atoms with E-state index in [1.54, 1.807) is 0 Å². The molecule has 0 radical (unpaired) electrons. The lowest BCUT2D eigenvalue weighted by Gasteiger charge is -2.35. The van der Waals surface area contributed by atoms with Crippen molar-refractivity contribution in [1.29, 1.82) is 0 Å². The van der Waals surface area contributed by atoms with Crippen LogP contribution in [0.15, 0.2) is 10.6 Å². The fraction of sp³-hybridized carbons (Fsp3) is 0.625. The van der Waals surface area contributed by atoms with Crippen molar-refractivity contribution in [3.63, 3.8) is 0 Å². The van der Waals surface area contributed by atoms with Crippen molar-refractivity contribution >= 4 is 5.82 Å². The molecule has 0 aromatic carbocycles. The Morgan fingerprint density at radius 3 is 2.73 bits per heavy atom. The van der Waals surface area contributed by atoms with Gasteiger partial charge in [-0.15, -0.1) is 0 Å². The monoisotopic (exact) mass is 301 g/mol. The summed E-state index contributed by atoms with van der Waals surface area (Å²) in [5.74, 6) is 3.29. The molecule has 1 aliphatic heterocycles. The summed E-state index contributed by atoms with van der Waals surface area (Å²) in [7, 11) is 0. The molecule has 3 rings (SSSR count). The van der Waals surface area contributed by atoms with Crippen LogP contribution < -0.4 is 4.90 Å². The first-order valence-corrected chi connectivity index (χ1v) is 8.15. The maximum Gasteiger partial charge on any atom is 0.223 e. The number of hydrogen-bond donors (Lipinski definition) is 0. The fourth-order valence-corrected chi connectivity index (χ4v) is 2.95. The molecular weight excluding hydrogens is 278 g/mol. The van der Waals surface area contributed by atoms with E-state index in [1.807, 2.05) is 6.92 Å². The average molecular weight is 301 g/mol. The van der Waals surface area contributed by atoms with Crippen molar-refractivity contribution in [2.45, 2.75) is 58.9 Å². The standard InChI is InChI=1S/C16H23N5O/c1-4-12-10-15(19-14(5-2)18-12)21-9-7-6-8-13(21)16-17-11(3)22-20-16/h10,13H,4-9H2,1-3H3. The first kappa shape index (κ1) is 14.9. The molecule has 2 aromatic heterocycles. The van der Waals surface area contributed by atoms with Crippen LogP contribution in [-0.2, 0) is 12.8 Å². The minimum atomic E-state index is 0.149. The molecule has 1 saturated heterocycles. The van der Waals surface area contributed by atoms with E-state index in [0.29, 0.717) is 5.89 Å². The second kappa shape index (κ2) is 6.42. The smallest absolute Gasteiger partial charge is 0.223 e. The number of rotatable bonds is 4. The van der Waals surface area contributed by atoms with Crippen molar-refractivity contribution in [3.05, 3.63) is 29.3 Å². The van der Waals surface area contributed by atoms with Gasteiger partial charge in [0.15, 0.2) is 5.82 Å². The summed E-state index contributed by atoms with van der Waals surface area (Å²) in [6, 6.07) is 2.25. The lowest BCUT2D eigenvalue weighted by molar-refractivity contribution is 0.371. The van der Waals surface area contributed by atoms with E-state index in [4.69, 9.17) is 9.51 Å². The maximum absolute atomic E-state index is 5.17. The molecule has 1 unspecified atom stereocenters. The number of hydrogen-bond acceptors (Lipinski definition) is 6. The van der Waals surface area contributed by atoms with Crippen molar-refractivity contribution in [3.8, 4) is 0 Å². The third kappa shape index (κ3) is 2.96. The van der Waals surface area contributed by atoms with Crippen LogP contribution in [0.1, 0.15) is 62.4 Å². The molecular formula is C16H23N5O. The van der Waals surface area contributed by atoms with Crippen LogP contribution in [-0.4, -0.2) is 26.7 Å². The molecule has 6 nitrogen and oxygen atoms in total. The SMILES string of the molecule is CCc1cc(N2CCCCC2c2noc(C)n2)nc(CC)n1. The molecule has 0 aliphatic carbocycles. The van der Waals surface area contributed by atoms with E-state index >= 15 is 0 Å². The third-order valence-corrected chi connectivity index (χ3v) is 4.13. The Balaban J connectivity index is 1.96. The molecule has 2 aromatic rings. The second-order valence-corrected chi connectivity index (χ2v) is 5.72. The first-order chi connectivity index (χ1) is 10.7. The summed E-state index contributed by atoms with van der Waals surface area (Å²) in [5, 5.41) is 4.13. The van der Waals surface area contributed by atoms with Gasteiger partial charge in [-0.1, -0.05) is 19.0 Å². The van der Waals surface area contributed by atoms with Gasteiger partial charge in [-0.25, -0.2) is 9.97 Å². The van der Waals surface area contributed by atoms with Gasteiger partial charge < -0.3 is 9.42 Å². The van der Waals surface area contributed by atoms with Gasteiger partial charge in [0.2, 0.25) is 5.89 Å². The predicted octanol–water partition coefficient (Wildman–Crippen LogP) is 3.02. The summed E-state index contributed by atoms with van der Waals surface area (Å²) < 4.78 is 5.17. The normalized spacial score (nSPS) is 18.7. The van der Waals surface area contributed by atoms with E-state index in [9.17, 15) is 0 Å². The Kier molecular flexibility index (Phi) is 4.36. The Morgan fingerprint density at radius 1 is 1.18 bits per heavy atom. The molecule has 1 atom stereocenters. The minimum Gasteiger partial charge on any atom is -0.346 e. The molecule has 6 heteroatoms. The number of nitrogens with zero attached hydrogens (tertiary/aromatic N) is 5. The van der Waals surface area contributed by atoms with Gasteiger partial charge >= 0.3 is 0 Å². The summed E-state index contributed by atoms with van der Waals surface area (Å²) >= 11 is 0. The van der Waals surface area contributed by atoms with Crippen molar-refractivity contribution in [2.75, 3.05) is 11.4 Å². The molecule has 118 valence electrons. The van der Waals surface area contributed by atoms with E-state index in [2.05, 4.69) is 39.9 Å². The zero-order valence-electron chi connectivity index (χ0n) is 13.5. The quantitative estimate of drug-likeness (QED) is 0.864. The zero-order chi connectivity index (χ0) is 15.5. The van der Waals surface area contributed by atoms with E-state index < -0.39 is 0 Å². The molecule has 1 aliphatic rings. The Morgan fingerprint density at radius 2 is 2.05 bits per heavy atom. The molecule has 3 heterocycles. The van der Waals surface area contributed by atoms with Crippen LogP contribution >= 0.6 is 0 Å². The topological polar surface area (TPSA) is 67.9 Å². The molecule has 22 heavy (non-hydrogen) atoms. The zero-order valence-corrected chi connectivity index (χ0v) is 13.5. The van der Waals surface area contributed by atoms with Gasteiger partial charge in [-0.3, -0.25) is 0 Å². The van der Waals surface area contributed by atoms with Crippen molar-refractivity contribution < 1.29 is 4.52 Å². The maximum atomic E-state index is 5.17. The summed E-state index contributed by atoms with van der Waals surface area (Å²) in [6.07, 6.45) is 5.15. The number of anilines is 1. The highest BCUT2D eigenvalue weighted by atomic mass is 16.5. The highest BCUT2D eigenvalue weighted by molar-refractivity contribution is 5.42. The van der Waals surface area contributed by atoms with Gasteiger partial charge in [-0.2, -0.15) is 4.98 Å². The van der Waals surface area contributed by atoms with Crippen molar-refractivity contribution in [1.82, 2.24) is 20.1 Å². The molecule has 0 spiro atoms. The van der Waals surface area contributed by atoms with Gasteiger partial charge in [-0.05, 0) is 25.7 Å². The fourth-order valence-electron chi connectivity index (χ4n) is 2.95. The van der Waals surface area contributed by atoms with Crippen LogP contribution in [0, 0.1) is 6.92 Å². The molecule has 0 N–H and O–H groups in total. The van der Waals surface area contributed by atoms with Crippen LogP contribution in [0.2, 0.25) is 0 Å². The Bertz CT molecular complexity index is 617. The average Bonchev–Trinajstić information content (AvgIpc) is 3.00. The Labute approximate surface area is 131 Å². The van der Waals surface area contributed by atoms with Gasteiger partial charge in [0.1, 0.15) is 11.6 Å². The first-order valence-electron chi connectivity index (χ1n) is 8.15. The minimum absolute atomic E-state index is 0.149. The number of piperidine rings is 1. The summed E-state index contributed by atoms with van der Waals surface area (Å²) in [5.41, 5.74) is 1.09. The van der Waals surface area contributed by atoms with Crippen LogP contribution in [0.4, 0.5) is 5.82 Å². The van der Waals surface area contributed by atoms with E-state index in [0.717, 1.165) is 49.0 Å². The third-order valence-electron chi connectivity index (χ3n) is 4.13. The molecule has 0 amide bonds. The van der Waals surface area contributed by atoms with E-state index in [-0.39, 0.29) is 6.04 Å². The number of aromatic nitrogens is 4. The van der Waals surface area contributed by atoms with Crippen molar-refractivity contribution in [2.24, 2.45) is 0 Å². The van der Waals surface area contributed by atoms with Crippen LogP contribution in [0.3, 0.4) is 0 Å². The molecule has 0 saturated carbocycles. The van der Waals surface area contributed by atoms with Gasteiger partial charge in [0.25, 0.3) is 0 Å². The lowest BCUT2D eigenvalue weighted by atomic mass is 10.0. The summed E-state index contributed by atoms with van der Waals surface area (Å²) in [6.45, 7) is 7.02. The predicted molar refractivity (Wildman–Crippen MR) is 83.8 cm³/mol. The molecule has 0 bridgehead atoms. The van der Waals surface area contributed by atoms with E-state index in [1.165, 1.54) is 12.8 Å². The number of aryl methyl sites for hydroxylation is 3. The molecule has 1 fully saturated rings.